The lowest BCUT2D eigenvalue weighted by molar-refractivity contribution is 0.414. The van der Waals surface area contributed by atoms with E-state index in [0.29, 0.717) is 5.92 Å². The van der Waals surface area contributed by atoms with Crippen LogP contribution in [0.5, 0.6) is 0 Å². The molecule has 98 valence electrons. The van der Waals surface area contributed by atoms with E-state index in [1.807, 2.05) is 0 Å². The molecule has 0 radical (unpaired) electrons. The minimum Gasteiger partial charge on any atom is -0.425 e. The summed E-state index contributed by atoms with van der Waals surface area (Å²) in [5.41, 5.74) is 2.75. The van der Waals surface area contributed by atoms with Gasteiger partial charge in [-0.1, -0.05) is 24.3 Å². The minimum absolute atomic E-state index is 0.314. The summed E-state index contributed by atoms with van der Waals surface area (Å²) in [6, 6.07) is 9.21. The Labute approximate surface area is 112 Å². The van der Waals surface area contributed by atoms with Gasteiger partial charge in [-0.05, 0) is 30.4 Å². The number of hydrogen-bond acceptors (Lipinski definition) is 4. The Balaban J connectivity index is 1.41. The molecule has 1 fully saturated rings. The molecule has 0 spiro atoms. The molecule has 2 aliphatic carbocycles. The quantitative estimate of drug-likeness (QED) is 0.888. The van der Waals surface area contributed by atoms with E-state index in [4.69, 9.17) is 4.42 Å². The fourth-order valence-electron chi connectivity index (χ4n) is 2.66. The Kier molecular flexibility index (Phi) is 2.62. The van der Waals surface area contributed by atoms with Crippen molar-refractivity contribution >= 4 is 0 Å². The third kappa shape index (κ3) is 2.16. The molecule has 19 heavy (non-hydrogen) atoms. The van der Waals surface area contributed by atoms with Crippen molar-refractivity contribution in [2.24, 2.45) is 0 Å². The number of rotatable bonds is 5. The number of nitrogens with zero attached hydrogens (tertiary/aromatic N) is 2. The first-order valence-corrected chi connectivity index (χ1v) is 7.03. The maximum absolute atomic E-state index is 5.78. The maximum Gasteiger partial charge on any atom is 0.224 e. The van der Waals surface area contributed by atoms with Crippen LogP contribution in [0.15, 0.2) is 28.7 Å². The van der Waals surface area contributed by atoms with E-state index in [-0.39, 0.29) is 0 Å². The van der Waals surface area contributed by atoms with Crippen molar-refractivity contribution in [3.05, 3.63) is 47.2 Å². The smallest absolute Gasteiger partial charge is 0.224 e. The van der Waals surface area contributed by atoms with E-state index in [1.165, 1.54) is 24.0 Å². The highest BCUT2D eigenvalue weighted by Crippen LogP contribution is 2.39. The molecule has 1 N–H and O–H groups in total. The highest BCUT2D eigenvalue weighted by molar-refractivity contribution is 5.43. The summed E-state index contributed by atoms with van der Waals surface area (Å²) in [6.07, 6.45) is 4.48. The van der Waals surface area contributed by atoms with E-state index >= 15 is 0 Å². The van der Waals surface area contributed by atoms with Crippen molar-refractivity contribution in [2.45, 2.75) is 37.6 Å². The molecule has 4 nitrogen and oxygen atoms in total. The summed E-state index contributed by atoms with van der Waals surface area (Å²) in [7, 11) is 0. The van der Waals surface area contributed by atoms with Crippen LogP contribution in [0.25, 0.3) is 0 Å². The average Bonchev–Trinajstić information content (AvgIpc) is 3.10. The van der Waals surface area contributed by atoms with E-state index in [2.05, 4.69) is 39.8 Å². The predicted molar refractivity (Wildman–Crippen MR) is 71.0 cm³/mol. The van der Waals surface area contributed by atoms with Crippen LogP contribution in [0.1, 0.15) is 41.7 Å². The molecule has 1 aromatic carbocycles. The van der Waals surface area contributed by atoms with Crippen molar-refractivity contribution in [1.82, 2.24) is 15.5 Å². The van der Waals surface area contributed by atoms with Gasteiger partial charge in [0.15, 0.2) is 0 Å². The van der Waals surface area contributed by atoms with E-state index in [9.17, 15) is 0 Å². The van der Waals surface area contributed by atoms with Crippen molar-refractivity contribution in [3.63, 3.8) is 0 Å². The zero-order chi connectivity index (χ0) is 12.7. The third-order valence-electron chi connectivity index (χ3n) is 3.98. The molecule has 1 unspecified atom stereocenters. The molecule has 2 aromatic rings. The molecule has 1 heterocycles. The Morgan fingerprint density at radius 3 is 2.95 bits per heavy atom. The normalized spacial score (nSPS) is 20.9. The Morgan fingerprint density at radius 2 is 2.11 bits per heavy atom. The monoisotopic (exact) mass is 255 g/mol. The van der Waals surface area contributed by atoms with Crippen LogP contribution in [-0.2, 0) is 12.8 Å². The van der Waals surface area contributed by atoms with E-state index < -0.39 is 0 Å². The molecule has 1 atom stereocenters. The largest absolute Gasteiger partial charge is 0.425 e. The molecule has 4 heteroatoms. The lowest BCUT2D eigenvalue weighted by atomic mass is 9.77. The topological polar surface area (TPSA) is 51.0 Å². The molecule has 1 aromatic heterocycles. The number of aromatic nitrogens is 2. The van der Waals surface area contributed by atoms with Gasteiger partial charge in [-0.15, -0.1) is 10.2 Å². The van der Waals surface area contributed by atoms with Crippen LogP contribution < -0.4 is 5.32 Å². The third-order valence-corrected chi connectivity index (χ3v) is 3.98. The van der Waals surface area contributed by atoms with Crippen LogP contribution in [0.2, 0.25) is 0 Å². The van der Waals surface area contributed by atoms with Gasteiger partial charge in [0.25, 0.3) is 0 Å². The highest BCUT2D eigenvalue weighted by atomic mass is 16.4. The number of benzene rings is 1. The first-order chi connectivity index (χ1) is 9.40. The molecule has 4 rings (SSSR count). The van der Waals surface area contributed by atoms with Crippen LogP contribution in [0.4, 0.5) is 0 Å². The predicted octanol–water partition coefficient (Wildman–Crippen LogP) is 2.05. The molecule has 0 bridgehead atoms. The zero-order valence-electron chi connectivity index (χ0n) is 10.8. The van der Waals surface area contributed by atoms with Gasteiger partial charge >= 0.3 is 0 Å². The standard InChI is InChI=1S/C15H17N3O/c1-2-4-12-10(3-1)9-13(12)15-18-17-14(19-15)7-8-16-11-5-6-11/h1-4,11,13,16H,5-9H2. The first-order valence-electron chi connectivity index (χ1n) is 7.03. The second-order valence-electron chi connectivity index (χ2n) is 5.47. The fraction of sp³-hybridized carbons (Fsp3) is 0.467. The average molecular weight is 255 g/mol. The molecular formula is C15H17N3O. The summed E-state index contributed by atoms with van der Waals surface area (Å²) in [5, 5.41) is 11.8. The SMILES string of the molecule is c1ccc2c(c1)CC2c1nnc(CCNC2CC2)o1. The Hall–Kier alpha value is -1.68. The molecule has 0 saturated heterocycles. The van der Waals surface area contributed by atoms with Crippen molar-refractivity contribution in [2.75, 3.05) is 6.54 Å². The van der Waals surface area contributed by atoms with Crippen LogP contribution >= 0.6 is 0 Å². The van der Waals surface area contributed by atoms with Gasteiger partial charge in [0, 0.05) is 19.0 Å². The molecule has 0 amide bonds. The number of nitrogens with one attached hydrogen (secondary N) is 1. The van der Waals surface area contributed by atoms with Crippen LogP contribution in [0, 0.1) is 0 Å². The summed E-state index contributed by atoms with van der Waals surface area (Å²) >= 11 is 0. The van der Waals surface area contributed by atoms with Gasteiger partial charge in [0.05, 0.1) is 5.92 Å². The summed E-state index contributed by atoms with van der Waals surface area (Å²) in [5.74, 6) is 1.85. The second-order valence-corrected chi connectivity index (χ2v) is 5.47. The summed E-state index contributed by atoms with van der Waals surface area (Å²) < 4.78 is 5.78. The van der Waals surface area contributed by atoms with Gasteiger partial charge in [-0.2, -0.15) is 0 Å². The lowest BCUT2D eigenvalue weighted by Gasteiger charge is -2.26. The number of hydrogen-bond donors (Lipinski definition) is 1. The summed E-state index contributed by atoms with van der Waals surface area (Å²) in [4.78, 5) is 0. The lowest BCUT2D eigenvalue weighted by Crippen LogP contribution is -2.19. The number of fused-ring (bicyclic) bond motifs is 1. The summed E-state index contributed by atoms with van der Waals surface area (Å²) in [6.45, 7) is 0.938. The zero-order valence-corrected chi connectivity index (χ0v) is 10.8. The van der Waals surface area contributed by atoms with Gasteiger partial charge in [-0.25, -0.2) is 0 Å². The van der Waals surface area contributed by atoms with Crippen molar-refractivity contribution < 1.29 is 4.42 Å². The Bertz CT molecular complexity index is 589. The molecule has 2 aliphatic rings. The molecule has 1 saturated carbocycles. The van der Waals surface area contributed by atoms with Crippen molar-refractivity contribution in [1.29, 1.82) is 0 Å². The molecule has 0 aliphatic heterocycles. The van der Waals surface area contributed by atoms with E-state index in [0.717, 1.165) is 37.2 Å². The van der Waals surface area contributed by atoms with Gasteiger partial charge < -0.3 is 9.73 Å². The van der Waals surface area contributed by atoms with E-state index in [1.54, 1.807) is 0 Å². The fourth-order valence-corrected chi connectivity index (χ4v) is 2.66. The highest BCUT2D eigenvalue weighted by Gasteiger charge is 2.31. The van der Waals surface area contributed by atoms with Gasteiger partial charge in [0.2, 0.25) is 11.8 Å². The van der Waals surface area contributed by atoms with Crippen LogP contribution in [-0.4, -0.2) is 22.8 Å². The second kappa shape index (κ2) is 4.46. The van der Waals surface area contributed by atoms with Gasteiger partial charge in [0.1, 0.15) is 0 Å². The molecular weight excluding hydrogens is 238 g/mol. The maximum atomic E-state index is 5.78. The van der Waals surface area contributed by atoms with Gasteiger partial charge in [-0.3, -0.25) is 0 Å². The minimum atomic E-state index is 0.314. The van der Waals surface area contributed by atoms with Crippen molar-refractivity contribution in [3.8, 4) is 0 Å². The first kappa shape index (κ1) is 11.2. The van der Waals surface area contributed by atoms with Crippen LogP contribution in [0.3, 0.4) is 0 Å². The Morgan fingerprint density at radius 1 is 1.21 bits per heavy atom.